The smallest absolute Gasteiger partial charge is 0.224 e. The van der Waals surface area contributed by atoms with Gasteiger partial charge in [-0.15, -0.1) is 0 Å². The van der Waals surface area contributed by atoms with Gasteiger partial charge in [-0.25, -0.2) is 4.98 Å². The number of benzene rings is 1. The summed E-state index contributed by atoms with van der Waals surface area (Å²) in [5.41, 5.74) is 1.93. The minimum atomic E-state index is 0.593. The third kappa shape index (κ3) is 5.86. The third-order valence-corrected chi connectivity index (χ3v) is 3.75. The predicted molar refractivity (Wildman–Crippen MR) is 95.8 cm³/mol. The molecule has 0 radical (unpaired) electrons. The first-order chi connectivity index (χ1) is 11.1. The second-order valence-electron chi connectivity index (χ2n) is 5.05. The molecule has 0 spiro atoms. The molecular weight excluding hydrogens is 335 g/mol. The number of ether oxygens (including phenoxy) is 1. The Kier molecular flexibility index (Phi) is 6.89. The van der Waals surface area contributed by atoms with Gasteiger partial charge < -0.3 is 15.4 Å². The van der Waals surface area contributed by atoms with Gasteiger partial charge in [-0.05, 0) is 31.0 Å². The lowest BCUT2D eigenvalue weighted by Crippen LogP contribution is -2.13. The van der Waals surface area contributed by atoms with E-state index in [0.29, 0.717) is 35.7 Å². The Morgan fingerprint density at radius 2 is 1.91 bits per heavy atom. The summed E-state index contributed by atoms with van der Waals surface area (Å²) in [5.74, 6) is 1.37. The number of methoxy groups -OCH3 is 1. The van der Waals surface area contributed by atoms with E-state index in [1.165, 1.54) is 0 Å². The monoisotopic (exact) mass is 354 g/mol. The van der Waals surface area contributed by atoms with Crippen molar-refractivity contribution < 1.29 is 4.74 Å². The number of aryl methyl sites for hydroxylation is 1. The molecule has 2 aromatic rings. The van der Waals surface area contributed by atoms with Gasteiger partial charge in [0.2, 0.25) is 5.95 Å². The van der Waals surface area contributed by atoms with Crippen LogP contribution < -0.4 is 10.6 Å². The number of hydrogen-bond acceptors (Lipinski definition) is 5. The molecule has 1 heterocycles. The predicted octanol–water partition coefficient (Wildman–Crippen LogP) is 3.80. The van der Waals surface area contributed by atoms with Gasteiger partial charge in [0.25, 0.3) is 0 Å². The SMILES string of the molecule is COCCNc1cc(C)nc(NCCc2ccc(Cl)cc2Cl)n1. The standard InChI is InChI=1S/C16H20Cl2N4O/c1-11-9-15(19-7-8-23-2)22-16(21-11)20-6-5-12-3-4-13(17)10-14(12)18/h3-4,9-10H,5-8H2,1-2H3,(H2,19,20,21,22). The van der Waals surface area contributed by atoms with Crippen molar-refractivity contribution in [2.45, 2.75) is 13.3 Å². The zero-order chi connectivity index (χ0) is 16.7. The van der Waals surface area contributed by atoms with Crippen LogP contribution in [0.3, 0.4) is 0 Å². The zero-order valence-electron chi connectivity index (χ0n) is 13.2. The van der Waals surface area contributed by atoms with Crippen LogP contribution in [0.5, 0.6) is 0 Å². The minimum Gasteiger partial charge on any atom is -0.383 e. The summed E-state index contributed by atoms with van der Waals surface area (Å²) in [6, 6.07) is 7.42. The summed E-state index contributed by atoms with van der Waals surface area (Å²) >= 11 is 12.1. The quantitative estimate of drug-likeness (QED) is 0.706. The van der Waals surface area contributed by atoms with Crippen molar-refractivity contribution in [1.82, 2.24) is 9.97 Å². The molecule has 0 fully saturated rings. The molecule has 0 amide bonds. The van der Waals surface area contributed by atoms with Crippen molar-refractivity contribution in [3.63, 3.8) is 0 Å². The fourth-order valence-electron chi connectivity index (χ4n) is 2.05. The Morgan fingerprint density at radius 1 is 1.09 bits per heavy atom. The van der Waals surface area contributed by atoms with Gasteiger partial charge in [-0.2, -0.15) is 4.98 Å². The molecule has 0 aliphatic rings. The average Bonchev–Trinajstić information content (AvgIpc) is 2.49. The van der Waals surface area contributed by atoms with Crippen LogP contribution >= 0.6 is 23.2 Å². The molecule has 0 unspecified atom stereocenters. The van der Waals surface area contributed by atoms with Gasteiger partial charge in [0.05, 0.1) is 6.61 Å². The maximum Gasteiger partial charge on any atom is 0.224 e. The molecule has 0 aliphatic heterocycles. The van der Waals surface area contributed by atoms with E-state index in [1.807, 2.05) is 25.1 Å². The lowest BCUT2D eigenvalue weighted by atomic mass is 10.1. The molecule has 23 heavy (non-hydrogen) atoms. The van der Waals surface area contributed by atoms with Crippen molar-refractivity contribution in [1.29, 1.82) is 0 Å². The van der Waals surface area contributed by atoms with E-state index in [2.05, 4.69) is 20.6 Å². The van der Waals surface area contributed by atoms with Crippen LogP contribution in [0.2, 0.25) is 10.0 Å². The van der Waals surface area contributed by atoms with Crippen molar-refractivity contribution >= 4 is 35.0 Å². The van der Waals surface area contributed by atoms with Crippen LogP contribution in [0, 0.1) is 6.92 Å². The molecule has 2 N–H and O–H groups in total. The lowest BCUT2D eigenvalue weighted by Gasteiger charge is -2.10. The number of nitrogens with one attached hydrogen (secondary N) is 2. The minimum absolute atomic E-state index is 0.593. The molecule has 1 aromatic carbocycles. The number of anilines is 2. The molecule has 0 saturated carbocycles. The van der Waals surface area contributed by atoms with Crippen LogP contribution in [0.15, 0.2) is 24.3 Å². The third-order valence-electron chi connectivity index (χ3n) is 3.16. The fraction of sp³-hybridized carbons (Fsp3) is 0.375. The first-order valence-electron chi connectivity index (χ1n) is 7.35. The summed E-state index contributed by atoms with van der Waals surface area (Å²) in [7, 11) is 1.67. The van der Waals surface area contributed by atoms with E-state index in [0.717, 1.165) is 23.5 Å². The van der Waals surface area contributed by atoms with E-state index in [-0.39, 0.29) is 0 Å². The summed E-state index contributed by atoms with van der Waals surface area (Å²) < 4.78 is 5.01. The molecule has 1 aromatic heterocycles. The van der Waals surface area contributed by atoms with Gasteiger partial charge in [0, 0.05) is 42.0 Å². The first kappa shape index (κ1) is 17.8. The number of rotatable bonds is 8. The highest BCUT2D eigenvalue weighted by Gasteiger charge is 2.04. The lowest BCUT2D eigenvalue weighted by molar-refractivity contribution is 0.210. The highest BCUT2D eigenvalue weighted by atomic mass is 35.5. The fourth-order valence-corrected chi connectivity index (χ4v) is 2.56. The molecule has 7 heteroatoms. The largest absolute Gasteiger partial charge is 0.383 e. The Labute approximate surface area is 146 Å². The van der Waals surface area contributed by atoms with E-state index in [4.69, 9.17) is 27.9 Å². The first-order valence-corrected chi connectivity index (χ1v) is 8.10. The number of nitrogens with zero attached hydrogens (tertiary/aromatic N) is 2. The van der Waals surface area contributed by atoms with Gasteiger partial charge >= 0.3 is 0 Å². The van der Waals surface area contributed by atoms with Gasteiger partial charge in [-0.3, -0.25) is 0 Å². The second kappa shape index (κ2) is 8.91. The van der Waals surface area contributed by atoms with Crippen LogP contribution in [-0.4, -0.2) is 36.8 Å². The van der Waals surface area contributed by atoms with Crippen molar-refractivity contribution in [2.24, 2.45) is 0 Å². The van der Waals surface area contributed by atoms with Crippen LogP contribution in [0.4, 0.5) is 11.8 Å². The maximum atomic E-state index is 6.17. The van der Waals surface area contributed by atoms with E-state index in [9.17, 15) is 0 Å². The van der Waals surface area contributed by atoms with Crippen molar-refractivity contribution in [3.8, 4) is 0 Å². The summed E-state index contributed by atoms with van der Waals surface area (Å²) in [6.07, 6.45) is 0.764. The van der Waals surface area contributed by atoms with E-state index in [1.54, 1.807) is 13.2 Å². The van der Waals surface area contributed by atoms with Crippen LogP contribution in [-0.2, 0) is 11.2 Å². The zero-order valence-corrected chi connectivity index (χ0v) is 14.7. The van der Waals surface area contributed by atoms with Gasteiger partial charge in [0.15, 0.2) is 0 Å². The normalized spacial score (nSPS) is 10.6. The molecule has 0 bridgehead atoms. The van der Waals surface area contributed by atoms with E-state index >= 15 is 0 Å². The average molecular weight is 355 g/mol. The van der Waals surface area contributed by atoms with Gasteiger partial charge in [-0.1, -0.05) is 29.3 Å². The summed E-state index contributed by atoms with van der Waals surface area (Å²) in [4.78, 5) is 8.81. The highest BCUT2D eigenvalue weighted by Crippen LogP contribution is 2.21. The highest BCUT2D eigenvalue weighted by molar-refractivity contribution is 6.35. The summed E-state index contributed by atoms with van der Waals surface area (Å²) in [6.45, 7) is 3.94. The van der Waals surface area contributed by atoms with Crippen molar-refractivity contribution in [2.75, 3.05) is 37.4 Å². The number of hydrogen-bond donors (Lipinski definition) is 2. The molecule has 0 saturated heterocycles. The number of aromatic nitrogens is 2. The molecular formula is C16H20Cl2N4O. The molecule has 0 aliphatic carbocycles. The Morgan fingerprint density at radius 3 is 2.65 bits per heavy atom. The van der Waals surface area contributed by atoms with Crippen molar-refractivity contribution in [3.05, 3.63) is 45.6 Å². The topological polar surface area (TPSA) is 59.1 Å². The van der Waals surface area contributed by atoms with E-state index < -0.39 is 0 Å². The molecule has 124 valence electrons. The van der Waals surface area contributed by atoms with Crippen LogP contribution in [0.25, 0.3) is 0 Å². The Bertz CT molecular complexity index is 652. The van der Waals surface area contributed by atoms with Gasteiger partial charge in [0.1, 0.15) is 5.82 Å². The maximum absolute atomic E-state index is 6.17. The number of halogens is 2. The second-order valence-corrected chi connectivity index (χ2v) is 5.89. The Balaban J connectivity index is 1.92. The summed E-state index contributed by atoms with van der Waals surface area (Å²) in [5, 5.41) is 7.73. The Hall–Kier alpha value is -1.56. The molecule has 0 atom stereocenters. The van der Waals surface area contributed by atoms with Crippen LogP contribution in [0.1, 0.15) is 11.3 Å². The molecule has 2 rings (SSSR count). The molecule has 5 nitrogen and oxygen atoms in total.